The molecular formula is C24H21N3O5. The molecule has 0 atom stereocenters. The fraction of sp³-hybridized carbons (Fsp3) is 0.125. The Morgan fingerprint density at radius 1 is 0.969 bits per heavy atom. The molecule has 0 saturated heterocycles. The lowest BCUT2D eigenvalue weighted by Crippen LogP contribution is -2.40. The van der Waals surface area contributed by atoms with Gasteiger partial charge in [-0.1, -0.05) is 18.2 Å². The molecule has 0 bridgehead atoms. The maximum atomic E-state index is 12.2. The maximum Gasteiger partial charge on any atom is 0.269 e. The van der Waals surface area contributed by atoms with Gasteiger partial charge in [0.25, 0.3) is 11.8 Å². The van der Waals surface area contributed by atoms with Gasteiger partial charge in [-0.15, -0.1) is 0 Å². The smallest absolute Gasteiger partial charge is 0.269 e. The number of aromatic nitrogens is 1. The van der Waals surface area contributed by atoms with Gasteiger partial charge in [-0.25, -0.2) is 0 Å². The number of hydrazine groups is 1. The summed E-state index contributed by atoms with van der Waals surface area (Å²) in [5, 5.41) is 0. The quantitative estimate of drug-likeness (QED) is 0.460. The Balaban J connectivity index is 1.24. The van der Waals surface area contributed by atoms with Gasteiger partial charge in [-0.05, 0) is 54.1 Å². The SMILES string of the molecule is O=C(/C=C/c1ccc(OCc2ccccn2)cc1)NNC(=O)c1ccc2c(c1)OCCO2. The molecule has 0 saturated carbocycles. The van der Waals surface area contributed by atoms with E-state index in [-0.39, 0.29) is 0 Å². The van der Waals surface area contributed by atoms with Gasteiger partial charge in [-0.3, -0.25) is 25.4 Å². The molecule has 0 unspecified atom stereocenters. The molecule has 2 aromatic carbocycles. The van der Waals surface area contributed by atoms with Gasteiger partial charge < -0.3 is 14.2 Å². The van der Waals surface area contributed by atoms with Crippen LogP contribution in [0, 0.1) is 0 Å². The number of benzene rings is 2. The minimum absolute atomic E-state index is 0.347. The topological polar surface area (TPSA) is 98.8 Å². The first kappa shape index (κ1) is 20.9. The lowest BCUT2D eigenvalue weighted by atomic mass is 10.2. The van der Waals surface area contributed by atoms with E-state index in [0.29, 0.717) is 42.6 Å². The standard InChI is InChI=1S/C24H21N3O5/c28-23(26-27-24(29)18-7-10-21-22(15-18)31-14-13-30-21)11-6-17-4-8-20(9-5-17)32-16-19-3-1-2-12-25-19/h1-12,15H,13-14,16H2,(H,26,28)(H,27,29)/b11-6+. The number of pyridine rings is 1. The second kappa shape index (κ2) is 10.1. The van der Waals surface area contributed by atoms with Crippen molar-refractivity contribution in [3.05, 3.63) is 89.8 Å². The van der Waals surface area contributed by atoms with Crippen molar-refractivity contribution in [2.24, 2.45) is 0 Å². The van der Waals surface area contributed by atoms with Crippen molar-refractivity contribution in [1.82, 2.24) is 15.8 Å². The van der Waals surface area contributed by atoms with E-state index in [1.807, 2.05) is 42.5 Å². The molecule has 0 aliphatic carbocycles. The van der Waals surface area contributed by atoms with E-state index in [1.165, 1.54) is 6.08 Å². The number of ether oxygens (including phenoxy) is 3. The number of carbonyl (C=O) groups excluding carboxylic acids is 2. The number of nitrogens with zero attached hydrogens (tertiary/aromatic N) is 1. The molecule has 162 valence electrons. The first-order valence-corrected chi connectivity index (χ1v) is 9.98. The summed E-state index contributed by atoms with van der Waals surface area (Å²) in [6.45, 7) is 1.28. The van der Waals surface area contributed by atoms with Crippen molar-refractivity contribution in [2.45, 2.75) is 6.61 Å². The molecule has 2 N–H and O–H groups in total. The third kappa shape index (κ3) is 5.63. The molecule has 0 spiro atoms. The molecule has 2 heterocycles. The normalized spacial score (nSPS) is 12.2. The molecule has 3 aromatic rings. The summed E-state index contributed by atoms with van der Waals surface area (Å²) < 4.78 is 16.6. The van der Waals surface area contributed by atoms with E-state index < -0.39 is 11.8 Å². The molecule has 4 rings (SSSR count). The van der Waals surface area contributed by atoms with Crippen molar-refractivity contribution < 1.29 is 23.8 Å². The van der Waals surface area contributed by atoms with Crippen molar-refractivity contribution in [2.75, 3.05) is 13.2 Å². The summed E-state index contributed by atoms with van der Waals surface area (Å²) in [7, 11) is 0. The summed E-state index contributed by atoms with van der Waals surface area (Å²) in [4.78, 5) is 28.5. The number of nitrogens with one attached hydrogen (secondary N) is 2. The minimum Gasteiger partial charge on any atom is -0.487 e. The summed E-state index contributed by atoms with van der Waals surface area (Å²) in [6.07, 6.45) is 4.68. The van der Waals surface area contributed by atoms with Crippen molar-refractivity contribution in [3.8, 4) is 17.2 Å². The van der Waals surface area contributed by atoms with Gasteiger partial charge in [0, 0.05) is 17.8 Å². The molecule has 1 aromatic heterocycles. The summed E-state index contributed by atoms with van der Waals surface area (Å²) in [5.41, 5.74) is 6.72. The Labute approximate surface area is 184 Å². The Morgan fingerprint density at radius 2 is 1.78 bits per heavy atom. The molecule has 1 aliphatic rings. The summed E-state index contributed by atoms with van der Waals surface area (Å²) in [5.74, 6) is 0.865. The van der Waals surface area contributed by atoms with Crippen LogP contribution in [-0.4, -0.2) is 30.0 Å². The van der Waals surface area contributed by atoms with E-state index in [0.717, 1.165) is 11.3 Å². The lowest BCUT2D eigenvalue weighted by Gasteiger charge is -2.18. The van der Waals surface area contributed by atoms with Crippen LogP contribution in [0.25, 0.3) is 6.08 Å². The fourth-order valence-electron chi connectivity index (χ4n) is 2.90. The lowest BCUT2D eigenvalue weighted by molar-refractivity contribution is -0.117. The van der Waals surface area contributed by atoms with Crippen LogP contribution in [-0.2, 0) is 11.4 Å². The van der Waals surface area contributed by atoms with Crippen LogP contribution in [0.2, 0.25) is 0 Å². The van der Waals surface area contributed by atoms with Crippen molar-refractivity contribution in [3.63, 3.8) is 0 Å². The largest absolute Gasteiger partial charge is 0.487 e. The number of fused-ring (bicyclic) bond motifs is 1. The Morgan fingerprint density at radius 3 is 2.56 bits per heavy atom. The van der Waals surface area contributed by atoms with Gasteiger partial charge in [0.05, 0.1) is 5.69 Å². The highest BCUT2D eigenvalue weighted by Crippen LogP contribution is 2.30. The highest BCUT2D eigenvalue weighted by atomic mass is 16.6. The van der Waals surface area contributed by atoms with Crippen LogP contribution in [0.5, 0.6) is 17.2 Å². The third-order valence-electron chi connectivity index (χ3n) is 4.52. The van der Waals surface area contributed by atoms with Crippen molar-refractivity contribution >= 4 is 17.9 Å². The first-order valence-electron chi connectivity index (χ1n) is 9.98. The van der Waals surface area contributed by atoms with Crippen LogP contribution in [0.1, 0.15) is 21.6 Å². The Bertz CT molecular complexity index is 1110. The van der Waals surface area contributed by atoms with Crippen LogP contribution in [0.4, 0.5) is 0 Å². The second-order valence-corrected chi connectivity index (χ2v) is 6.81. The van der Waals surface area contributed by atoms with Gasteiger partial charge in [-0.2, -0.15) is 0 Å². The Kier molecular flexibility index (Phi) is 6.62. The second-order valence-electron chi connectivity index (χ2n) is 6.81. The number of rotatable bonds is 6. The average molecular weight is 431 g/mol. The van der Waals surface area contributed by atoms with Crippen molar-refractivity contribution in [1.29, 1.82) is 0 Å². The molecule has 2 amide bonds. The summed E-state index contributed by atoms with van der Waals surface area (Å²) >= 11 is 0. The van der Waals surface area contributed by atoms with Crippen LogP contribution in [0.3, 0.4) is 0 Å². The van der Waals surface area contributed by atoms with E-state index in [2.05, 4.69) is 15.8 Å². The highest BCUT2D eigenvalue weighted by Gasteiger charge is 2.15. The molecule has 1 aliphatic heterocycles. The summed E-state index contributed by atoms with van der Waals surface area (Å²) in [6, 6.07) is 17.8. The number of hydrogen-bond acceptors (Lipinski definition) is 6. The zero-order chi connectivity index (χ0) is 22.2. The van der Waals surface area contributed by atoms with Gasteiger partial charge >= 0.3 is 0 Å². The first-order chi connectivity index (χ1) is 15.7. The van der Waals surface area contributed by atoms with E-state index in [4.69, 9.17) is 14.2 Å². The minimum atomic E-state index is -0.466. The molecular weight excluding hydrogens is 410 g/mol. The predicted octanol–water partition coefficient (Wildman–Crippen LogP) is 2.91. The zero-order valence-corrected chi connectivity index (χ0v) is 17.1. The Hall–Kier alpha value is -4.33. The van der Waals surface area contributed by atoms with Gasteiger partial charge in [0.2, 0.25) is 0 Å². The van der Waals surface area contributed by atoms with E-state index in [1.54, 1.807) is 30.5 Å². The van der Waals surface area contributed by atoms with Crippen LogP contribution >= 0.6 is 0 Å². The molecule has 0 fully saturated rings. The number of amides is 2. The zero-order valence-electron chi connectivity index (χ0n) is 17.1. The van der Waals surface area contributed by atoms with E-state index in [9.17, 15) is 9.59 Å². The van der Waals surface area contributed by atoms with E-state index >= 15 is 0 Å². The van der Waals surface area contributed by atoms with Gasteiger partial charge in [0.15, 0.2) is 11.5 Å². The van der Waals surface area contributed by atoms with Gasteiger partial charge in [0.1, 0.15) is 25.6 Å². The molecule has 32 heavy (non-hydrogen) atoms. The van der Waals surface area contributed by atoms with Crippen LogP contribution < -0.4 is 25.1 Å². The molecule has 0 radical (unpaired) electrons. The molecule has 8 nitrogen and oxygen atoms in total. The number of carbonyl (C=O) groups is 2. The number of hydrogen-bond donors (Lipinski definition) is 2. The molecule has 8 heteroatoms. The highest BCUT2D eigenvalue weighted by molar-refractivity contribution is 5.98. The predicted molar refractivity (Wildman–Crippen MR) is 117 cm³/mol. The van der Waals surface area contributed by atoms with Crippen LogP contribution in [0.15, 0.2) is 72.9 Å². The fourth-order valence-corrected chi connectivity index (χ4v) is 2.90. The maximum absolute atomic E-state index is 12.2. The third-order valence-corrected chi connectivity index (χ3v) is 4.52. The average Bonchev–Trinajstić information content (AvgIpc) is 2.85. The monoisotopic (exact) mass is 431 g/mol.